The Morgan fingerprint density at radius 2 is 2.12 bits per heavy atom. The van der Waals surface area contributed by atoms with Crippen LogP contribution in [0.1, 0.15) is 34.8 Å². The normalized spacial score (nSPS) is 21.9. The zero-order valence-corrected chi connectivity index (χ0v) is 19.5. The number of fused-ring (bicyclic) bond motifs is 2. The highest BCUT2D eigenvalue weighted by Gasteiger charge is 2.37. The third-order valence-electron chi connectivity index (χ3n) is 6.62. The first-order valence-corrected chi connectivity index (χ1v) is 11.8. The minimum absolute atomic E-state index is 0.0921. The van der Waals surface area contributed by atoms with Crippen LogP contribution in [0.5, 0.6) is 5.75 Å². The van der Waals surface area contributed by atoms with Crippen LogP contribution in [0, 0.1) is 12.3 Å². The first-order chi connectivity index (χ1) is 15.2. The molecule has 32 heavy (non-hydrogen) atoms. The number of nitrogens with one attached hydrogen (secondary N) is 1. The number of hydrogen-bond acceptors (Lipinski definition) is 7. The van der Waals surface area contributed by atoms with Gasteiger partial charge in [0.15, 0.2) is 0 Å². The van der Waals surface area contributed by atoms with Crippen molar-refractivity contribution in [3.05, 3.63) is 46.5 Å². The number of aromatic nitrogens is 1. The molecule has 0 spiro atoms. The monoisotopic (exact) mass is 451 g/mol. The summed E-state index contributed by atoms with van der Waals surface area (Å²) >= 11 is 1.33. The first-order valence-electron chi connectivity index (χ1n) is 10.9. The minimum atomic E-state index is -0.176. The lowest BCUT2D eigenvalue weighted by atomic mass is 9.89. The smallest absolute Gasteiger partial charge is 0.263 e. The predicted octanol–water partition coefficient (Wildman–Crippen LogP) is 3.09. The maximum absolute atomic E-state index is 12.9. The van der Waals surface area contributed by atoms with Gasteiger partial charge in [-0.25, -0.2) is 4.98 Å². The number of amides is 1. The number of nitrogens with zero attached hydrogens (tertiary/aromatic N) is 2. The van der Waals surface area contributed by atoms with E-state index in [9.17, 15) is 4.79 Å². The molecule has 0 saturated carbocycles. The number of pyridine rings is 1. The summed E-state index contributed by atoms with van der Waals surface area (Å²) in [6.45, 7) is 8.54. The summed E-state index contributed by atoms with van der Waals surface area (Å²) < 4.78 is 6.04. The number of thiophene rings is 1. The van der Waals surface area contributed by atoms with E-state index < -0.39 is 0 Å². The molecule has 2 aliphatic rings. The van der Waals surface area contributed by atoms with Crippen LogP contribution in [0.2, 0.25) is 0 Å². The Hall–Kier alpha value is -2.84. The van der Waals surface area contributed by atoms with Gasteiger partial charge in [0, 0.05) is 42.0 Å². The first kappa shape index (κ1) is 21.0. The second kappa shape index (κ2) is 7.64. The molecule has 1 amide bonds. The Balaban J connectivity index is 1.29. The van der Waals surface area contributed by atoms with Gasteiger partial charge >= 0.3 is 0 Å². The summed E-state index contributed by atoms with van der Waals surface area (Å²) in [5.74, 6) is 0.706. The topological polar surface area (TPSA) is 106 Å². The van der Waals surface area contributed by atoms with Gasteiger partial charge in [-0.3, -0.25) is 4.79 Å². The lowest BCUT2D eigenvalue weighted by Gasteiger charge is -2.28. The van der Waals surface area contributed by atoms with Gasteiger partial charge in [0.05, 0.1) is 11.7 Å². The molecule has 168 valence electrons. The molecule has 2 atom stereocenters. The number of ether oxygens (including phenoxy) is 1. The van der Waals surface area contributed by atoms with Crippen molar-refractivity contribution in [2.24, 2.45) is 11.1 Å². The third kappa shape index (κ3) is 3.67. The number of nitrogen functional groups attached to an aromatic ring is 1. The Morgan fingerprint density at radius 1 is 1.31 bits per heavy atom. The van der Waals surface area contributed by atoms with Crippen LogP contribution in [-0.4, -0.2) is 42.7 Å². The van der Waals surface area contributed by atoms with E-state index in [1.54, 1.807) is 0 Å². The van der Waals surface area contributed by atoms with Crippen LogP contribution in [0.3, 0.4) is 0 Å². The van der Waals surface area contributed by atoms with Gasteiger partial charge in [0.25, 0.3) is 5.91 Å². The highest BCUT2D eigenvalue weighted by atomic mass is 32.1. The van der Waals surface area contributed by atoms with Gasteiger partial charge < -0.3 is 26.4 Å². The Bertz CT molecular complexity index is 1200. The molecule has 1 saturated heterocycles. The SMILES string of the molecule is Cc1ccc2c(N)c(C(=O)N[C@H]3COc4cc(N5C[C@H](N)C(C)(C)C5)ccc4C3)sc2n1. The van der Waals surface area contributed by atoms with Crippen molar-refractivity contribution in [2.75, 3.05) is 30.3 Å². The summed E-state index contributed by atoms with van der Waals surface area (Å²) in [6, 6.07) is 10.2. The number of carbonyl (C=O) groups is 1. The highest BCUT2D eigenvalue weighted by Crippen LogP contribution is 2.36. The Labute approximate surface area is 191 Å². The van der Waals surface area contributed by atoms with Gasteiger partial charge in [-0.15, -0.1) is 11.3 Å². The van der Waals surface area contributed by atoms with Gasteiger partial charge in [0.1, 0.15) is 22.1 Å². The van der Waals surface area contributed by atoms with E-state index in [2.05, 4.69) is 47.2 Å². The number of anilines is 2. The van der Waals surface area contributed by atoms with Crippen molar-refractivity contribution in [1.82, 2.24) is 10.3 Å². The molecule has 3 aromatic rings. The van der Waals surface area contributed by atoms with Crippen LogP contribution in [-0.2, 0) is 6.42 Å². The number of aryl methyl sites for hydroxylation is 1. The zero-order valence-electron chi connectivity index (χ0n) is 18.6. The van der Waals surface area contributed by atoms with Gasteiger partial charge in [-0.1, -0.05) is 19.9 Å². The van der Waals surface area contributed by atoms with E-state index in [1.807, 2.05) is 19.1 Å². The van der Waals surface area contributed by atoms with Crippen molar-refractivity contribution < 1.29 is 9.53 Å². The van der Waals surface area contributed by atoms with Gasteiger partial charge in [-0.2, -0.15) is 0 Å². The molecule has 8 heteroatoms. The molecular formula is C24H29N5O2S. The fourth-order valence-electron chi connectivity index (χ4n) is 4.51. The average Bonchev–Trinajstić information content (AvgIpc) is 3.22. The van der Waals surface area contributed by atoms with E-state index in [0.717, 1.165) is 46.0 Å². The fraction of sp³-hybridized carbons (Fsp3) is 0.417. The molecule has 2 aromatic heterocycles. The standard InChI is InChI=1S/C24H29N5O2S/c1-13-4-7-17-20(26)21(32-23(17)27-13)22(30)28-15-8-14-5-6-16(9-18(14)31-11-15)29-10-19(25)24(2,3)12-29/h4-7,9,15,19H,8,10-12,25-26H2,1-3H3,(H,28,30)/t15-,19+/m1/s1. The average molecular weight is 452 g/mol. The van der Waals surface area contributed by atoms with Crippen molar-refractivity contribution in [3.63, 3.8) is 0 Å². The second-order valence-electron chi connectivity index (χ2n) is 9.60. The molecule has 0 aliphatic carbocycles. The van der Waals surface area contributed by atoms with Crippen molar-refractivity contribution in [3.8, 4) is 5.75 Å². The molecule has 0 radical (unpaired) electrons. The molecule has 2 aliphatic heterocycles. The Kier molecular flexibility index (Phi) is 5.02. The van der Waals surface area contributed by atoms with Gasteiger partial charge in [0.2, 0.25) is 0 Å². The summed E-state index contributed by atoms with van der Waals surface area (Å²) in [5.41, 5.74) is 16.3. The predicted molar refractivity (Wildman–Crippen MR) is 130 cm³/mol. The van der Waals surface area contributed by atoms with Crippen LogP contribution in [0.4, 0.5) is 11.4 Å². The quantitative estimate of drug-likeness (QED) is 0.565. The lowest BCUT2D eigenvalue weighted by Crippen LogP contribution is -2.42. The molecule has 1 aromatic carbocycles. The van der Waals surface area contributed by atoms with Gasteiger partial charge in [-0.05, 0) is 42.5 Å². The van der Waals surface area contributed by atoms with E-state index >= 15 is 0 Å². The number of nitrogens with two attached hydrogens (primary N) is 2. The maximum Gasteiger partial charge on any atom is 0.263 e. The second-order valence-corrected chi connectivity index (χ2v) is 10.6. The number of carbonyl (C=O) groups excluding carboxylic acids is 1. The molecule has 7 nitrogen and oxygen atoms in total. The van der Waals surface area contributed by atoms with Crippen LogP contribution in [0.25, 0.3) is 10.2 Å². The maximum atomic E-state index is 12.9. The molecule has 1 fully saturated rings. The molecule has 0 unspecified atom stereocenters. The fourth-order valence-corrected chi connectivity index (χ4v) is 5.56. The highest BCUT2D eigenvalue weighted by molar-refractivity contribution is 7.21. The molecule has 0 bridgehead atoms. The summed E-state index contributed by atoms with van der Waals surface area (Å²) in [6.07, 6.45) is 0.717. The largest absolute Gasteiger partial charge is 0.491 e. The van der Waals surface area contributed by atoms with Crippen LogP contribution >= 0.6 is 11.3 Å². The van der Waals surface area contributed by atoms with Crippen LogP contribution < -0.4 is 26.4 Å². The third-order valence-corrected chi connectivity index (χ3v) is 7.73. The molecule has 5 rings (SSSR count). The summed E-state index contributed by atoms with van der Waals surface area (Å²) in [5, 5.41) is 3.92. The summed E-state index contributed by atoms with van der Waals surface area (Å²) in [4.78, 5) is 21.0. The molecular weight excluding hydrogens is 422 g/mol. The number of rotatable bonds is 3. The summed E-state index contributed by atoms with van der Waals surface area (Å²) in [7, 11) is 0. The Morgan fingerprint density at radius 3 is 2.88 bits per heavy atom. The van der Waals surface area contributed by atoms with Crippen molar-refractivity contribution >= 4 is 38.8 Å². The van der Waals surface area contributed by atoms with E-state index in [1.165, 1.54) is 11.3 Å². The lowest BCUT2D eigenvalue weighted by molar-refractivity contribution is 0.0920. The van der Waals surface area contributed by atoms with E-state index in [0.29, 0.717) is 23.6 Å². The number of benzene rings is 1. The molecule has 4 heterocycles. The minimum Gasteiger partial charge on any atom is -0.491 e. The number of hydrogen-bond donors (Lipinski definition) is 3. The van der Waals surface area contributed by atoms with Crippen molar-refractivity contribution in [1.29, 1.82) is 0 Å². The molecule has 5 N–H and O–H groups in total. The van der Waals surface area contributed by atoms with E-state index in [4.69, 9.17) is 16.2 Å². The zero-order chi connectivity index (χ0) is 22.6. The van der Waals surface area contributed by atoms with Crippen molar-refractivity contribution in [2.45, 2.75) is 39.3 Å². The van der Waals surface area contributed by atoms with Crippen LogP contribution in [0.15, 0.2) is 30.3 Å². The van der Waals surface area contributed by atoms with E-state index in [-0.39, 0.29) is 23.4 Å².